The van der Waals surface area contributed by atoms with Crippen molar-refractivity contribution >= 4 is 34.1 Å². The largest absolute Gasteiger partial charge is 0.494 e. The van der Waals surface area contributed by atoms with Gasteiger partial charge in [0.15, 0.2) is 5.78 Å². The van der Waals surface area contributed by atoms with Crippen LogP contribution in [0.25, 0.3) is 11.0 Å². The number of azo groups is 1. The number of anilines is 1. The number of imidazole rings is 1. The highest BCUT2D eigenvalue weighted by atomic mass is 16.5. The van der Waals surface area contributed by atoms with E-state index >= 15 is 0 Å². The van der Waals surface area contributed by atoms with Gasteiger partial charge >= 0.3 is 5.69 Å². The Morgan fingerprint density at radius 1 is 1.11 bits per heavy atom. The molecule has 9 nitrogen and oxygen atoms in total. The van der Waals surface area contributed by atoms with Crippen molar-refractivity contribution in [2.45, 2.75) is 13.0 Å². The second-order valence-corrected chi connectivity index (χ2v) is 5.73. The van der Waals surface area contributed by atoms with Crippen LogP contribution in [0.2, 0.25) is 0 Å². The first kappa shape index (κ1) is 18.1. The van der Waals surface area contributed by atoms with E-state index in [1.807, 2.05) is 0 Å². The monoisotopic (exact) mass is 367 g/mol. The molecule has 0 fully saturated rings. The normalized spacial score (nSPS) is 12.2. The second kappa shape index (κ2) is 7.65. The summed E-state index contributed by atoms with van der Waals surface area (Å²) in [6.07, 6.45) is 0. The first-order valence-electron chi connectivity index (χ1n) is 8.05. The van der Waals surface area contributed by atoms with Gasteiger partial charge in [-0.1, -0.05) is 12.1 Å². The zero-order valence-electron chi connectivity index (χ0n) is 14.6. The van der Waals surface area contributed by atoms with Crippen molar-refractivity contribution in [2.24, 2.45) is 10.2 Å². The predicted molar refractivity (Wildman–Crippen MR) is 99.5 cm³/mol. The highest BCUT2D eigenvalue weighted by Gasteiger charge is 2.23. The molecule has 3 rings (SSSR count). The lowest BCUT2D eigenvalue weighted by molar-refractivity contribution is -0.126. The van der Waals surface area contributed by atoms with Gasteiger partial charge in [0.25, 0.3) is 5.91 Å². The number of benzene rings is 2. The topological polar surface area (TPSA) is 129 Å². The van der Waals surface area contributed by atoms with E-state index in [0.29, 0.717) is 28.2 Å². The zero-order valence-corrected chi connectivity index (χ0v) is 14.6. The van der Waals surface area contributed by atoms with Gasteiger partial charge in [-0.05, 0) is 37.3 Å². The number of carbonyl (C=O) groups is 2. The number of ether oxygens (including phenoxy) is 1. The van der Waals surface area contributed by atoms with Gasteiger partial charge in [-0.2, -0.15) is 10.2 Å². The van der Waals surface area contributed by atoms with Gasteiger partial charge in [0.05, 0.1) is 18.1 Å². The van der Waals surface area contributed by atoms with Crippen LogP contribution in [0.4, 0.5) is 11.4 Å². The first-order valence-corrected chi connectivity index (χ1v) is 8.05. The minimum atomic E-state index is -1.31. The zero-order chi connectivity index (χ0) is 19.4. The van der Waals surface area contributed by atoms with Gasteiger partial charge in [-0.15, -0.1) is 0 Å². The maximum Gasteiger partial charge on any atom is 0.323 e. The molecule has 3 N–H and O–H groups in total. The lowest BCUT2D eigenvalue weighted by Gasteiger charge is -2.10. The van der Waals surface area contributed by atoms with E-state index in [-0.39, 0.29) is 5.69 Å². The quantitative estimate of drug-likeness (QED) is 0.457. The molecular formula is C18H17N5O4. The number of hydrogen-bond donors (Lipinski definition) is 3. The number of amides is 1. The third-order valence-electron chi connectivity index (χ3n) is 3.78. The molecule has 0 radical (unpaired) electrons. The third kappa shape index (κ3) is 4.09. The number of rotatable bonds is 6. The summed E-state index contributed by atoms with van der Waals surface area (Å²) in [5.41, 5.74) is 1.62. The minimum Gasteiger partial charge on any atom is -0.494 e. The molecule has 9 heteroatoms. The van der Waals surface area contributed by atoms with Gasteiger partial charge in [-0.25, -0.2) is 4.79 Å². The first-order chi connectivity index (χ1) is 13.0. The number of methoxy groups -OCH3 is 1. The smallest absolute Gasteiger partial charge is 0.323 e. The van der Waals surface area contributed by atoms with E-state index in [1.165, 1.54) is 14.0 Å². The van der Waals surface area contributed by atoms with Crippen molar-refractivity contribution < 1.29 is 14.3 Å². The number of aromatic amines is 2. The summed E-state index contributed by atoms with van der Waals surface area (Å²) in [6, 6.07) is 10.4. The lowest BCUT2D eigenvalue weighted by atomic mass is 10.2. The summed E-state index contributed by atoms with van der Waals surface area (Å²) in [5.74, 6) is -0.605. The van der Waals surface area contributed by atoms with Crippen LogP contribution in [-0.2, 0) is 9.59 Å². The van der Waals surface area contributed by atoms with Crippen molar-refractivity contribution in [3.8, 4) is 5.75 Å². The molecule has 0 saturated heterocycles. The molecular weight excluding hydrogens is 350 g/mol. The minimum absolute atomic E-state index is 0.347. The van der Waals surface area contributed by atoms with E-state index in [9.17, 15) is 14.4 Å². The number of H-pyrrole nitrogens is 2. The summed E-state index contributed by atoms with van der Waals surface area (Å²) < 4.78 is 5.17. The van der Waals surface area contributed by atoms with Crippen molar-refractivity contribution in [1.82, 2.24) is 9.97 Å². The Labute approximate surface area is 153 Å². The van der Waals surface area contributed by atoms with E-state index in [1.54, 1.807) is 42.5 Å². The Morgan fingerprint density at radius 2 is 1.85 bits per heavy atom. The molecule has 27 heavy (non-hydrogen) atoms. The molecule has 1 atom stereocenters. The van der Waals surface area contributed by atoms with E-state index in [4.69, 9.17) is 4.74 Å². The van der Waals surface area contributed by atoms with Crippen LogP contribution in [0.5, 0.6) is 5.75 Å². The predicted octanol–water partition coefficient (Wildman–Crippen LogP) is 2.54. The number of hydrogen-bond acceptors (Lipinski definition) is 6. The summed E-state index contributed by atoms with van der Waals surface area (Å²) >= 11 is 0. The Kier molecular flexibility index (Phi) is 5.11. The van der Waals surface area contributed by atoms with Gasteiger partial charge < -0.3 is 20.0 Å². The Bertz CT molecular complexity index is 1080. The van der Waals surface area contributed by atoms with Gasteiger partial charge in [0.2, 0.25) is 6.04 Å². The molecule has 0 aliphatic heterocycles. The van der Waals surface area contributed by atoms with E-state index in [2.05, 4.69) is 25.5 Å². The third-order valence-corrected chi connectivity index (χ3v) is 3.78. The van der Waals surface area contributed by atoms with E-state index in [0.717, 1.165) is 0 Å². The van der Waals surface area contributed by atoms with Gasteiger partial charge in [0, 0.05) is 5.69 Å². The number of ketones is 1. The van der Waals surface area contributed by atoms with Crippen LogP contribution in [0.1, 0.15) is 6.92 Å². The fourth-order valence-electron chi connectivity index (χ4n) is 2.47. The Hall–Kier alpha value is -3.75. The number of fused-ring (bicyclic) bond motifs is 1. The number of aromatic nitrogens is 2. The number of para-hydroxylation sites is 1. The standard InChI is InChI=1S/C18H17N5O4/c1-10(24)16(23-22-13-5-3-4-6-15(13)27-2)17(25)19-11-7-8-12-14(9-11)21-18(26)20-12/h3-9,16H,1-2H3,(H,19,25)(H2,20,21,26). The van der Waals surface area contributed by atoms with E-state index < -0.39 is 17.7 Å². The number of carbonyl (C=O) groups excluding carboxylic acids is 2. The summed E-state index contributed by atoms with van der Waals surface area (Å²) in [5, 5.41) is 10.5. The molecule has 0 bridgehead atoms. The maximum atomic E-state index is 12.5. The van der Waals surface area contributed by atoms with Crippen molar-refractivity contribution in [2.75, 3.05) is 12.4 Å². The lowest BCUT2D eigenvalue weighted by Crippen LogP contribution is -2.31. The molecule has 138 valence electrons. The maximum absolute atomic E-state index is 12.5. The van der Waals surface area contributed by atoms with Crippen LogP contribution in [0, 0.1) is 0 Å². The number of Topliss-reactive ketones (excluding diaryl/α,β-unsaturated/α-hetero) is 1. The van der Waals surface area contributed by atoms with Crippen LogP contribution in [-0.4, -0.2) is 34.8 Å². The van der Waals surface area contributed by atoms with Crippen LogP contribution in [0.15, 0.2) is 57.5 Å². The summed E-state index contributed by atoms with van der Waals surface area (Å²) in [7, 11) is 1.49. The van der Waals surface area contributed by atoms with Crippen molar-refractivity contribution in [1.29, 1.82) is 0 Å². The highest BCUT2D eigenvalue weighted by molar-refractivity contribution is 6.10. The molecule has 0 spiro atoms. The second-order valence-electron chi connectivity index (χ2n) is 5.73. The summed E-state index contributed by atoms with van der Waals surface area (Å²) in [6.45, 7) is 1.26. The molecule has 0 saturated carbocycles. The Balaban J connectivity index is 1.81. The fraction of sp³-hybridized carbons (Fsp3) is 0.167. The average molecular weight is 367 g/mol. The van der Waals surface area contributed by atoms with Crippen molar-refractivity contribution in [3.63, 3.8) is 0 Å². The van der Waals surface area contributed by atoms with Crippen LogP contribution in [0.3, 0.4) is 0 Å². The van der Waals surface area contributed by atoms with Gasteiger partial charge in [0.1, 0.15) is 11.4 Å². The summed E-state index contributed by atoms with van der Waals surface area (Å²) in [4.78, 5) is 40.9. The SMILES string of the molecule is COc1ccccc1N=NC(C(C)=O)C(=O)Nc1ccc2[nH]c(=O)[nH]c2c1. The van der Waals surface area contributed by atoms with Crippen LogP contribution < -0.4 is 15.7 Å². The van der Waals surface area contributed by atoms with Gasteiger partial charge in [-0.3, -0.25) is 9.59 Å². The number of nitrogens with zero attached hydrogens (tertiary/aromatic N) is 2. The Morgan fingerprint density at radius 3 is 2.59 bits per heavy atom. The fourth-order valence-corrected chi connectivity index (χ4v) is 2.47. The molecule has 1 amide bonds. The average Bonchev–Trinajstić information content (AvgIpc) is 3.01. The molecule has 0 aliphatic carbocycles. The number of nitrogens with one attached hydrogen (secondary N) is 3. The van der Waals surface area contributed by atoms with Crippen LogP contribution >= 0.6 is 0 Å². The molecule has 1 unspecified atom stereocenters. The molecule has 0 aliphatic rings. The highest BCUT2D eigenvalue weighted by Crippen LogP contribution is 2.27. The molecule has 2 aromatic carbocycles. The molecule has 1 heterocycles. The molecule has 1 aromatic heterocycles. The van der Waals surface area contributed by atoms with Crippen molar-refractivity contribution in [3.05, 3.63) is 52.9 Å². The molecule has 3 aromatic rings.